The van der Waals surface area contributed by atoms with Gasteiger partial charge in [-0.3, -0.25) is 4.79 Å². The van der Waals surface area contributed by atoms with E-state index in [0.717, 1.165) is 42.9 Å². The van der Waals surface area contributed by atoms with Crippen molar-refractivity contribution >= 4 is 11.6 Å². The summed E-state index contributed by atoms with van der Waals surface area (Å²) < 4.78 is 5.99. The van der Waals surface area contributed by atoms with Gasteiger partial charge in [-0.2, -0.15) is 0 Å². The van der Waals surface area contributed by atoms with Crippen LogP contribution in [0.1, 0.15) is 160 Å². The van der Waals surface area contributed by atoms with Crippen molar-refractivity contribution in [2.45, 2.75) is 155 Å². The minimum atomic E-state index is -0.137. The summed E-state index contributed by atoms with van der Waals surface area (Å²) in [5.74, 6) is 0.621. The Labute approximate surface area is 222 Å². The summed E-state index contributed by atoms with van der Waals surface area (Å²) in [5.41, 5.74) is 1.84. The summed E-state index contributed by atoms with van der Waals surface area (Å²) in [6.07, 6.45) is 27.2. The molecule has 0 fully saturated rings. The average Bonchev–Trinajstić information content (AvgIpc) is 2.89. The minimum Gasteiger partial charge on any atom is -0.494 e. The third kappa shape index (κ3) is 13.0. The molecule has 36 heavy (non-hydrogen) atoms. The van der Waals surface area contributed by atoms with Gasteiger partial charge in [0, 0.05) is 6.07 Å². The molecule has 0 aliphatic carbocycles. The van der Waals surface area contributed by atoms with Crippen LogP contribution >= 0.6 is 0 Å². The molecule has 4 nitrogen and oxygen atoms in total. The number of benzene rings is 1. The highest BCUT2D eigenvalue weighted by molar-refractivity contribution is 5.87. The van der Waals surface area contributed by atoms with Crippen molar-refractivity contribution in [3.63, 3.8) is 0 Å². The lowest BCUT2D eigenvalue weighted by atomic mass is 9.90. The predicted molar refractivity (Wildman–Crippen MR) is 153 cm³/mol. The first kappa shape index (κ1) is 30.5. The van der Waals surface area contributed by atoms with Gasteiger partial charge in [0.15, 0.2) is 0 Å². The lowest BCUT2D eigenvalue weighted by molar-refractivity contribution is -0.120. The minimum absolute atomic E-state index is 0.0857. The molecule has 0 spiro atoms. The fraction of sp³-hybridized carbons (Fsp3) is 0.781. The van der Waals surface area contributed by atoms with Gasteiger partial charge in [-0.25, -0.2) is 0 Å². The van der Waals surface area contributed by atoms with E-state index in [0.29, 0.717) is 0 Å². The maximum Gasteiger partial charge on any atom is 0.272 e. The number of amides is 1. The Morgan fingerprint density at radius 2 is 1.14 bits per heavy atom. The first-order valence-corrected chi connectivity index (χ1v) is 15.5. The molecule has 0 N–H and O–H groups in total. The van der Waals surface area contributed by atoms with Crippen molar-refractivity contribution < 1.29 is 9.53 Å². The van der Waals surface area contributed by atoms with Crippen LogP contribution in [0.25, 0.3) is 0 Å². The maximum absolute atomic E-state index is 12.4. The molecular formula is C32H54N2O2. The second kappa shape index (κ2) is 20.4. The molecule has 0 aromatic heterocycles. The van der Waals surface area contributed by atoms with Crippen LogP contribution in [-0.4, -0.2) is 12.5 Å². The van der Waals surface area contributed by atoms with Gasteiger partial charge in [-0.05, 0) is 24.5 Å². The number of unbranched alkanes of at least 4 members (excludes halogenated alkanes) is 18. The molecule has 1 aliphatic rings. The smallest absolute Gasteiger partial charge is 0.272 e. The molecular weight excluding hydrogens is 444 g/mol. The van der Waals surface area contributed by atoms with E-state index < -0.39 is 0 Å². The van der Waals surface area contributed by atoms with Crippen molar-refractivity contribution in [3.05, 3.63) is 23.8 Å². The summed E-state index contributed by atoms with van der Waals surface area (Å²) in [6, 6.07) is 6.02. The summed E-state index contributed by atoms with van der Waals surface area (Å²) in [6.45, 7) is 5.28. The molecule has 1 aromatic rings. The lowest BCUT2D eigenvalue weighted by Gasteiger charge is -2.19. The normalized spacial score (nSPS) is 14.8. The molecule has 0 saturated heterocycles. The molecule has 1 atom stereocenters. The molecule has 1 aliphatic heterocycles. The monoisotopic (exact) mass is 498 g/mol. The number of nitrogens with zero attached hydrogens (tertiary/aromatic N) is 2. The first-order valence-electron chi connectivity index (χ1n) is 15.5. The van der Waals surface area contributed by atoms with Crippen LogP contribution in [0.4, 0.5) is 5.69 Å². The zero-order chi connectivity index (χ0) is 25.7. The maximum atomic E-state index is 12.4. The van der Waals surface area contributed by atoms with Crippen LogP contribution in [0, 0.1) is 0 Å². The van der Waals surface area contributed by atoms with Gasteiger partial charge in [-0.1, -0.05) is 142 Å². The molecule has 4 heteroatoms. The zero-order valence-corrected chi connectivity index (χ0v) is 23.6. The van der Waals surface area contributed by atoms with Crippen molar-refractivity contribution in [1.82, 2.24) is 0 Å². The topological polar surface area (TPSA) is 51.0 Å². The number of rotatable bonds is 23. The van der Waals surface area contributed by atoms with Crippen LogP contribution in [0.2, 0.25) is 0 Å². The zero-order valence-electron chi connectivity index (χ0n) is 23.6. The van der Waals surface area contributed by atoms with Crippen LogP contribution < -0.4 is 4.74 Å². The molecule has 1 heterocycles. The van der Waals surface area contributed by atoms with Gasteiger partial charge in [0.2, 0.25) is 0 Å². The van der Waals surface area contributed by atoms with E-state index in [1.165, 1.54) is 116 Å². The number of carbonyl (C=O) groups excluding carboxylic acids is 1. The summed E-state index contributed by atoms with van der Waals surface area (Å²) in [4.78, 5) is 12.4. The van der Waals surface area contributed by atoms with Gasteiger partial charge in [-0.15, -0.1) is 10.2 Å². The number of ether oxygens (including phenoxy) is 1. The van der Waals surface area contributed by atoms with E-state index >= 15 is 0 Å². The van der Waals surface area contributed by atoms with E-state index in [-0.39, 0.29) is 11.8 Å². The fourth-order valence-electron chi connectivity index (χ4n) is 5.19. The van der Waals surface area contributed by atoms with E-state index in [2.05, 4.69) is 24.1 Å². The Balaban J connectivity index is 1.59. The summed E-state index contributed by atoms with van der Waals surface area (Å²) >= 11 is 0. The third-order valence-electron chi connectivity index (χ3n) is 7.54. The van der Waals surface area contributed by atoms with E-state index in [1.54, 1.807) is 0 Å². The summed E-state index contributed by atoms with van der Waals surface area (Å²) in [5, 5.41) is 8.13. The Morgan fingerprint density at radius 1 is 0.639 bits per heavy atom. The van der Waals surface area contributed by atoms with Gasteiger partial charge >= 0.3 is 0 Å². The van der Waals surface area contributed by atoms with Gasteiger partial charge < -0.3 is 4.74 Å². The fourth-order valence-corrected chi connectivity index (χ4v) is 5.19. The highest BCUT2D eigenvalue weighted by atomic mass is 16.5. The van der Waals surface area contributed by atoms with Crippen LogP contribution in [0.3, 0.4) is 0 Å². The quantitative estimate of drug-likeness (QED) is 0.141. The second-order valence-electron chi connectivity index (χ2n) is 10.8. The van der Waals surface area contributed by atoms with Crippen molar-refractivity contribution in [1.29, 1.82) is 0 Å². The molecule has 0 radical (unpaired) electrons. The molecule has 0 bridgehead atoms. The Morgan fingerprint density at radius 3 is 1.69 bits per heavy atom. The number of hydrogen-bond acceptors (Lipinski definition) is 3. The number of hydrogen-bond donors (Lipinski definition) is 0. The van der Waals surface area contributed by atoms with Gasteiger partial charge in [0.25, 0.3) is 5.91 Å². The molecule has 0 saturated carbocycles. The van der Waals surface area contributed by atoms with E-state index in [9.17, 15) is 4.79 Å². The SMILES string of the molecule is CCCCCCCCCCCCOc1ccc2c(c1)N=NC(=O)C2CCCCCCCCCCCC. The first-order chi connectivity index (χ1) is 17.8. The van der Waals surface area contributed by atoms with Crippen molar-refractivity contribution in [3.8, 4) is 5.75 Å². The highest BCUT2D eigenvalue weighted by Crippen LogP contribution is 2.38. The van der Waals surface area contributed by atoms with Crippen LogP contribution in [0.5, 0.6) is 5.75 Å². The number of fused-ring (bicyclic) bond motifs is 1. The van der Waals surface area contributed by atoms with Crippen LogP contribution in [-0.2, 0) is 4.79 Å². The van der Waals surface area contributed by atoms with E-state index in [1.807, 2.05) is 18.2 Å². The van der Waals surface area contributed by atoms with Crippen molar-refractivity contribution in [2.75, 3.05) is 6.61 Å². The molecule has 1 aromatic carbocycles. The standard InChI is InChI=1S/C32H54N2O2/c1-3-5-7-9-11-13-15-17-19-21-23-30-29-25-24-28(27-31(29)33-34-32(30)35)36-26-22-20-18-16-14-12-10-8-6-4-2/h24-25,27,30H,3-23,26H2,1-2H3. The predicted octanol–water partition coefficient (Wildman–Crippen LogP) is 11.0. The van der Waals surface area contributed by atoms with Crippen LogP contribution in [0.15, 0.2) is 28.4 Å². The average molecular weight is 499 g/mol. The van der Waals surface area contributed by atoms with E-state index in [4.69, 9.17) is 4.74 Å². The highest BCUT2D eigenvalue weighted by Gasteiger charge is 2.26. The number of azo groups is 1. The molecule has 1 amide bonds. The Hall–Kier alpha value is -1.71. The lowest BCUT2D eigenvalue weighted by Crippen LogP contribution is -2.13. The van der Waals surface area contributed by atoms with Crippen molar-refractivity contribution in [2.24, 2.45) is 10.2 Å². The van der Waals surface area contributed by atoms with Gasteiger partial charge in [0.1, 0.15) is 5.75 Å². The van der Waals surface area contributed by atoms with Gasteiger partial charge in [0.05, 0.1) is 18.2 Å². The molecule has 1 unspecified atom stereocenters. The third-order valence-corrected chi connectivity index (χ3v) is 7.54. The number of carbonyl (C=O) groups is 1. The molecule has 204 valence electrons. The largest absolute Gasteiger partial charge is 0.494 e. The summed E-state index contributed by atoms with van der Waals surface area (Å²) in [7, 11) is 0. The second-order valence-corrected chi connectivity index (χ2v) is 10.8. The Kier molecular flexibility index (Phi) is 17.3. The Bertz CT molecular complexity index is 731. The molecule has 2 rings (SSSR count).